The fourth-order valence-electron chi connectivity index (χ4n) is 2.14. The van der Waals surface area contributed by atoms with Gasteiger partial charge in [-0.3, -0.25) is 9.78 Å². The van der Waals surface area contributed by atoms with Crippen molar-refractivity contribution in [3.05, 3.63) is 42.1 Å². The largest absolute Gasteiger partial charge is 0.384 e. The van der Waals surface area contributed by atoms with E-state index < -0.39 is 0 Å². The van der Waals surface area contributed by atoms with Crippen LogP contribution in [0.4, 0.5) is 5.82 Å². The zero-order chi connectivity index (χ0) is 16.4. The van der Waals surface area contributed by atoms with E-state index in [4.69, 9.17) is 5.73 Å². The molecule has 0 radical (unpaired) electrons. The van der Waals surface area contributed by atoms with Crippen molar-refractivity contribution in [1.82, 2.24) is 24.9 Å². The molecule has 0 saturated heterocycles. The third-order valence-electron chi connectivity index (χ3n) is 3.29. The number of carbonyl (C=O) groups is 1. The molecule has 3 aromatic rings. The van der Waals surface area contributed by atoms with Gasteiger partial charge in [-0.25, -0.2) is 4.98 Å². The minimum atomic E-state index is -0.171. The predicted octanol–water partition coefficient (Wildman–Crippen LogP) is 1.76. The highest BCUT2D eigenvalue weighted by Crippen LogP contribution is 2.17. The number of nitrogen functional groups attached to an aromatic ring is 1. The van der Waals surface area contributed by atoms with Gasteiger partial charge in [0.25, 0.3) is 5.91 Å². The van der Waals surface area contributed by atoms with Crippen LogP contribution in [-0.2, 0) is 0 Å². The summed E-state index contributed by atoms with van der Waals surface area (Å²) in [6.07, 6.45) is 1.68. The predicted molar refractivity (Wildman–Crippen MR) is 87.8 cm³/mol. The second-order valence-corrected chi connectivity index (χ2v) is 5.69. The van der Waals surface area contributed by atoms with Gasteiger partial charge in [0.15, 0.2) is 5.65 Å². The van der Waals surface area contributed by atoms with E-state index in [-0.39, 0.29) is 5.91 Å². The van der Waals surface area contributed by atoms with Crippen molar-refractivity contribution < 1.29 is 4.79 Å². The highest BCUT2D eigenvalue weighted by molar-refractivity contribution is 5.95. The molecule has 0 spiro atoms. The lowest BCUT2D eigenvalue weighted by atomic mass is 10.2. The van der Waals surface area contributed by atoms with Crippen molar-refractivity contribution in [2.24, 2.45) is 5.92 Å². The molecule has 23 heavy (non-hydrogen) atoms. The maximum Gasteiger partial charge on any atom is 0.251 e. The Bertz CT molecular complexity index is 840. The van der Waals surface area contributed by atoms with Gasteiger partial charge in [0.05, 0.1) is 0 Å². The molecule has 3 aromatic heterocycles. The van der Waals surface area contributed by atoms with Gasteiger partial charge in [0.2, 0.25) is 5.82 Å². The Morgan fingerprint density at radius 2 is 2.17 bits per heavy atom. The van der Waals surface area contributed by atoms with Gasteiger partial charge in [0, 0.05) is 18.3 Å². The number of nitrogens with one attached hydrogen (secondary N) is 1. The molecule has 0 atom stereocenters. The number of rotatable bonds is 4. The summed E-state index contributed by atoms with van der Waals surface area (Å²) in [7, 11) is 0. The maximum absolute atomic E-state index is 12.2. The fraction of sp³-hybridized carbons (Fsp3) is 0.250. The molecule has 7 heteroatoms. The number of hydrogen-bond donors (Lipinski definition) is 2. The van der Waals surface area contributed by atoms with Crippen LogP contribution in [0.2, 0.25) is 0 Å². The van der Waals surface area contributed by atoms with Crippen LogP contribution < -0.4 is 11.1 Å². The molecule has 0 aliphatic rings. The number of aromatic nitrogens is 4. The Kier molecular flexibility index (Phi) is 3.92. The molecule has 7 nitrogen and oxygen atoms in total. The summed E-state index contributed by atoms with van der Waals surface area (Å²) < 4.78 is 1.50. The minimum absolute atomic E-state index is 0.171. The van der Waals surface area contributed by atoms with Crippen molar-refractivity contribution in [2.45, 2.75) is 13.8 Å². The Balaban J connectivity index is 1.97. The lowest BCUT2D eigenvalue weighted by molar-refractivity contribution is 0.0949. The summed E-state index contributed by atoms with van der Waals surface area (Å²) in [6, 6.07) is 8.78. The third kappa shape index (κ3) is 3.13. The van der Waals surface area contributed by atoms with Gasteiger partial charge < -0.3 is 11.1 Å². The van der Waals surface area contributed by atoms with Gasteiger partial charge in [-0.1, -0.05) is 19.9 Å². The zero-order valence-corrected chi connectivity index (χ0v) is 13.0. The molecule has 0 saturated carbocycles. The molecule has 0 fully saturated rings. The van der Waals surface area contributed by atoms with E-state index >= 15 is 0 Å². The highest BCUT2D eigenvalue weighted by Gasteiger charge is 2.13. The van der Waals surface area contributed by atoms with E-state index in [1.54, 1.807) is 18.3 Å². The number of nitrogens with zero attached hydrogens (tertiary/aromatic N) is 4. The van der Waals surface area contributed by atoms with E-state index in [0.717, 1.165) is 0 Å². The second kappa shape index (κ2) is 6.04. The fourth-order valence-corrected chi connectivity index (χ4v) is 2.14. The van der Waals surface area contributed by atoms with Gasteiger partial charge in [-0.15, -0.1) is 5.10 Å². The molecule has 118 valence electrons. The summed E-state index contributed by atoms with van der Waals surface area (Å²) >= 11 is 0. The van der Waals surface area contributed by atoms with Crippen LogP contribution in [0.1, 0.15) is 24.2 Å². The summed E-state index contributed by atoms with van der Waals surface area (Å²) in [6.45, 7) is 4.68. The second-order valence-electron chi connectivity index (χ2n) is 5.69. The number of carbonyl (C=O) groups excluding carboxylic acids is 1. The topological polar surface area (TPSA) is 98.2 Å². The highest BCUT2D eigenvalue weighted by atomic mass is 16.1. The quantitative estimate of drug-likeness (QED) is 0.765. The van der Waals surface area contributed by atoms with E-state index in [1.807, 2.05) is 32.0 Å². The first kappa shape index (κ1) is 15.0. The van der Waals surface area contributed by atoms with E-state index in [1.165, 1.54) is 4.52 Å². The summed E-state index contributed by atoms with van der Waals surface area (Å²) in [4.78, 5) is 20.8. The Morgan fingerprint density at radius 3 is 2.87 bits per heavy atom. The average Bonchev–Trinajstić information content (AvgIpc) is 2.98. The molecule has 3 heterocycles. The first-order chi connectivity index (χ1) is 11.0. The normalized spacial score (nSPS) is 11.1. The monoisotopic (exact) mass is 310 g/mol. The van der Waals surface area contributed by atoms with Gasteiger partial charge >= 0.3 is 0 Å². The number of fused-ring (bicyclic) bond motifs is 1. The molecule has 0 aromatic carbocycles. The summed E-state index contributed by atoms with van der Waals surface area (Å²) in [5, 5.41) is 7.21. The molecule has 3 N–H and O–H groups in total. The smallest absolute Gasteiger partial charge is 0.251 e. The molecule has 1 amide bonds. The van der Waals surface area contributed by atoms with Crippen molar-refractivity contribution in [2.75, 3.05) is 12.3 Å². The molecule has 0 aliphatic carbocycles. The lowest BCUT2D eigenvalue weighted by Crippen LogP contribution is -2.27. The molecule has 3 rings (SSSR count). The molecular weight excluding hydrogens is 292 g/mol. The molecular formula is C16H18N6O. The Hall–Kier alpha value is -2.96. The van der Waals surface area contributed by atoms with Crippen LogP contribution in [0.5, 0.6) is 0 Å². The lowest BCUT2D eigenvalue weighted by Gasteiger charge is -2.08. The average molecular weight is 310 g/mol. The number of pyridine rings is 2. The van der Waals surface area contributed by atoms with Gasteiger partial charge in [0.1, 0.15) is 11.5 Å². The van der Waals surface area contributed by atoms with E-state index in [9.17, 15) is 4.79 Å². The number of anilines is 1. The van der Waals surface area contributed by atoms with Crippen LogP contribution >= 0.6 is 0 Å². The van der Waals surface area contributed by atoms with Crippen LogP contribution in [0.15, 0.2) is 36.5 Å². The zero-order valence-electron chi connectivity index (χ0n) is 13.0. The molecule has 0 unspecified atom stereocenters. The van der Waals surface area contributed by atoms with Crippen LogP contribution in [0.3, 0.4) is 0 Å². The van der Waals surface area contributed by atoms with Gasteiger partial charge in [-0.2, -0.15) is 4.52 Å². The first-order valence-corrected chi connectivity index (χ1v) is 7.40. The van der Waals surface area contributed by atoms with Crippen LogP contribution in [0, 0.1) is 5.92 Å². The summed E-state index contributed by atoms with van der Waals surface area (Å²) in [5.41, 5.74) is 7.64. The Morgan fingerprint density at radius 1 is 1.35 bits per heavy atom. The van der Waals surface area contributed by atoms with Crippen LogP contribution in [-0.4, -0.2) is 32.0 Å². The third-order valence-corrected chi connectivity index (χ3v) is 3.29. The van der Waals surface area contributed by atoms with Crippen molar-refractivity contribution >= 4 is 17.4 Å². The number of hydrogen-bond acceptors (Lipinski definition) is 5. The van der Waals surface area contributed by atoms with Gasteiger partial charge in [-0.05, 0) is 30.2 Å². The molecule has 0 bridgehead atoms. The standard InChI is InChI=1S/C16H18N6O/c1-10(2)9-19-16(23)11-7-13(17)22-14(8-11)20-15(21-22)12-5-3-4-6-18-12/h3-8,10H,9,17H2,1-2H3,(H,19,23). The van der Waals surface area contributed by atoms with Crippen molar-refractivity contribution in [1.29, 1.82) is 0 Å². The van der Waals surface area contributed by atoms with Crippen LogP contribution in [0.25, 0.3) is 17.2 Å². The SMILES string of the molecule is CC(C)CNC(=O)c1cc(N)n2nc(-c3ccccn3)nc2c1. The van der Waals surface area contributed by atoms with E-state index in [0.29, 0.717) is 41.0 Å². The minimum Gasteiger partial charge on any atom is -0.384 e. The number of amides is 1. The Labute approximate surface area is 133 Å². The number of nitrogens with two attached hydrogens (primary N) is 1. The summed E-state index contributed by atoms with van der Waals surface area (Å²) in [5.74, 6) is 1.03. The first-order valence-electron chi connectivity index (χ1n) is 7.40. The van der Waals surface area contributed by atoms with Crippen molar-refractivity contribution in [3.8, 4) is 11.5 Å². The molecule has 0 aliphatic heterocycles. The maximum atomic E-state index is 12.2. The van der Waals surface area contributed by atoms with Crippen molar-refractivity contribution in [3.63, 3.8) is 0 Å². The van der Waals surface area contributed by atoms with E-state index in [2.05, 4.69) is 20.4 Å².